The summed E-state index contributed by atoms with van der Waals surface area (Å²) in [6, 6.07) is 47.4. The fraction of sp³-hybridized carbons (Fsp3) is 0.0741. The third kappa shape index (κ3) is 6.00. The molecule has 0 saturated heterocycles. The topological polar surface area (TPSA) is 29.5 Å². The average Bonchev–Trinajstić information content (AvgIpc) is 3.83. The van der Waals surface area contributed by atoms with Crippen molar-refractivity contribution in [2.24, 2.45) is 0 Å². The van der Waals surface area contributed by atoms with Crippen molar-refractivity contribution in [3.63, 3.8) is 0 Å². The summed E-state index contributed by atoms with van der Waals surface area (Å²) in [6.07, 6.45) is 18.1. The Balaban J connectivity index is 1.07. The van der Waals surface area contributed by atoms with Crippen molar-refractivity contribution in [2.75, 3.05) is 0 Å². The molecule has 10 rings (SSSR count). The van der Waals surface area contributed by atoms with Crippen LogP contribution in [0, 0.1) is 0 Å². The van der Waals surface area contributed by atoms with Gasteiger partial charge in [0, 0.05) is 51.0 Å². The van der Waals surface area contributed by atoms with Gasteiger partial charge in [0.15, 0.2) is 0 Å². The van der Waals surface area contributed by atoms with E-state index in [1.54, 1.807) is 0 Å². The highest BCUT2D eigenvalue weighted by Gasteiger charge is 2.25. The number of hydrogen-bond donors (Lipinski definition) is 0. The number of allylic oxidation sites excluding steroid dienone is 8. The van der Waals surface area contributed by atoms with E-state index < -0.39 is 0 Å². The second-order valence-electron chi connectivity index (χ2n) is 14.8. The van der Waals surface area contributed by atoms with E-state index in [1.807, 2.05) is 12.1 Å². The maximum Gasteiger partial charge on any atom is 0.143 e. The summed E-state index contributed by atoms with van der Waals surface area (Å²) in [6.45, 7) is 8.52. The first kappa shape index (κ1) is 34.4. The SMILES string of the molecule is C=C/C(=C\C=C\N(/C(C)=C(/C=C\C)c1ccc2oc3c4ccccc4ccc3c2c1)C1C=Cc2c(oc3ccccc23)C1)c1ccc2c(ccc3ccccc32)c1. The first-order valence-electron chi connectivity index (χ1n) is 19.7. The molecule has 7 aromatic carbocycles. The Labute approximate surface area is 332 Å². The lowest BCUT2D eigenvalue weighted by atomic mass is 9.95. The summed E-state index contributed by atoms with van der Waals surface area (Å²) in [7, 11) is 0. The number of benzene rings is 7. The van der Waals surface area contributed by atoms with E-state index in [2.05, 4.69) is 195 Å². The molecule has 3 heteroatoms. The molecule has 1 unspecified atom stereocenters. The van der Waals surface area contributed by atoms with E-state index in [0.29, 0.717) is 0 Å². The minimum atomic E-state index is 0.0222. The lowest BCUT2D eigenvalue weighted by Gasteiger charge is -2.32. The molecule has 57 heavy (non-hydrogen) atoms. The predicted octanol–water partition coefficient (Wildman–Crippen LogP) is 14.8. The van der Waals surface area contributed by atoms with Gasteiger partial charge in [0.25, 0.3) is 0 Å². The molecule has 1 aliphatic rings. The van der Waals surface area contributed by atoms with Crippen LogP contribution in [0.1, 0.15) is 36.3 Å². The summed E-state index contributed by atoms with van der Waals surface area (Å²) in [4.78, 5) is 2.39. The van der Waals surface area contributed by atoms with Crippen molar-refractivity contribution in [3.8, 4) is 0 Å². The van der Waals surface area contributed by atoms with Gasteiger partial charge in [-0.25, -0.2) is 0 Å². The number of hydrogen-bond acceptors (Lipinski definition) is 3. The Hall–Kier alpha value is -7.10. The van der Waals surface area contributed by atoms with Crippen LogP contribution in [0.3, 0.4) is 0 Å². The molecular weight excluding hydrogens is 695 g/mol. The molecule has 1 atom stereocenters. The Morgan fingerprint density at radius 3 is 2.19 bits per heavy atom. The van der Waals surface area contributed by atoms with Gasteiger partial charge in [0.05, 0.1) is 6.04 Å². The van der Waals surface area contributed by atoms with Crippen molar-refractivity contribution < 1.29 is 8.83 Å². The van der Waals surface area contributed by atoms with Crippen LogP contribution in [-0.2, 0) is 6.42 Å². The molecule has 0 amide bonds. The fourth-order valence-electron chi connectivity index (χ4n) is 8.70. The summed E-state index contributed by atoms with van der Waals surface area (Å²) in [5.41, 5.74) is 9.48. The Bertz CT molecular complexity index is 3210. The molecule has 0 saturated carbocycles. The second kappa shape index (κ2) is 14.2. The third-order valence-corrected chi connectivity index (χ3v) is 11.6. The smallest absolute Gasteiger partial charge is 0.143 e. The maximum atomic E-state index is 6.50. The molecule has 274 valence electrons. The van der Waals surface area contributed by atoms with E-state index in [9.17, 15) is 0 Å². The third-order valence-electron chi connectivity index (χ3n) is 11.6. The average molecular weight is 736 g/mol. The molecule has 0 N–H and O–H groups in total. The van der Waals surface area contributed by atoms with Crippen LogP contribution < -0.4 is 0 Å². The molecule has 0 aliphatic heterocycles. The minimum absolute atomic E-state index is 0.0222. The molecule has 0 spiro atoms. The van der Waals surface area contributed by atoms with Gasteiger partial charge in [-0.15, -0.1) is 0 Å². The first-order chi connectivity index (χ1) is 28.1. The maximum absolute atomic E-state index is 6.50. The van der Waals surface area contributed by atoms with Crippen molar-refractivity contribution in [2.45, 2.75) is 26.3 Å². The molecule has 2 heterocycles. The molecular formula is C54H41NO2. The van der Waals surface area contributed by atoms with Crippen LogP contribution in [0.15, 0.2) is 197 Å². The standard InChI is InChI=1S/C54H41NO2/c1-4-13-43(41-25-30-52-50(33-41)49-28-23-38-15-7-9-18-46(38)54(49)57-52)35(3)55(42-26-29-48-47-19-10-11-20-51(47)56-53(48)34-42)31-12-16-36(5-2)39-24-27-45-40(32-39)22-21-37-14-6-8-17-44(37)45/h4-33,42H,2,34H2,1,3H3/b13-4-,31-12+,36-16+,43-35-. The highest BCUT2D eigenvalue weighted by atomic mass is 16.3. The van der Waals surface area contributed by atoms with Crippen molar-refractivity contribution in [1.29, 1.82) is 0 Å². The summed E-state index contributed by atoms with van der Waals surface area (Å²) in [5.74, 6) is 1.01. The van der Waals surface area contributed by atoms with Gasteiger partial charge < -0.3 is 13.7 Å². The molecule has 3 nitrogen and oxygen atoms in total. The van der Waals surface area contributed by atoms with Gasteiger partial charge in [-0.2, -0.15) is 0 Å². The van der Waals surface area contributed by atoms with Crippen LogP contribution >= 0.6 is 0 Å². The molecule has 0 radical (unpaired) electrons. The number of nitrogens with zero attached hydrogens (tertiary/aromatic N) is 1. The van der Waals surface area contributed by atoms with Gasteiger partial charge in [-0.1, -0.05) is 146 Å². The molecule has 9 aromatic rings. The monoisotopic (exact) mass is 735 g/mol. The second-order valence-corrected chi connectivity index (χ2v) is 14.8. The van der Waals surface area contributed by atoms with Crippen LogP contribution in [-0.4, -0.2) is 10.9 Å². The number of fused-ring (bicyclic) bond motifs is 11. The van der Waals surface area contributed by atoms with Gasteiger partial charge in [-0.05, 0) is 93.9 Å². The molecule has 2 aromatic heterocycles. The van der Waals surface area contributed by atoms with Crippen molar-refractivity contribution in [1.82, 2.24) is 4.90 Å². The quantitative estimate of drug-likeness (QED) is 0.115. The Morgan fingerprint density at radius 1 is 0.667 bits per heavy atom. The van der Waals surface area contributed by atoms with Gasteiger partial charge >= 0.3 is 0 Å². The van der Waals surface area contributed by atoms with E-state index in [1.165, 1.54) is 32.5 Å². The zero-order chi connectivity index (χ0) is 38.5. The molecule has 1 aliphatic carbocycles. The van der Waals surface area contributed by atoms with Crippen LogP contribution in [0.25, 0.3) is 82.4 Å². The lowest BCUT2D eigenvalue weighted by molar-refractivity contribution is 0.370. The molecule has 0 bridgehead atoms. The summed E-state index contributed by atoms with van der Waals surface area (Å²) in [5, 5.41) is 10.7. The first-order valence-corrected chi connectivity index (χ1v) is 19.7. The number of furan rings is 2. The minimum Gasteiger partial charge on any atom is -0.460 e. The Morgan fingerprint density at radius 2 is 1.35 bits per heavy atom. The van der Waals surface area contributed by atoms with E-state index in [-0.39, 0.29) is 6.04 Å². The van der Waals surface area contributed by atoms with Crippen LogP contribution in [0.4, 0.5) is 0 Å². The summed E-state index contributed by atoms with van der Waals surface area (Å²) >= 11 is 0. The highest BCUT2D eigenvalue weighted by molar-refractivity contribution is 6.15. The lowest BCUT2D eigenvalue weighted by Crippen LogP contribution is -2.31. The largest absolute Gasteiger partial charge is 0.460 e. The van der Waals surface area contributed by atoms with Crippen molar-refractivity contribution >= 4 is 82.4 Å². The normalized spacial score (nSPS) is 15.2. The molecule has 0 fully saturated rings. The van der Waals surface area contributed by atoms with E-state index in [4.69, 9.17) is 8.83 Å². The van der Waals surface area contributed by atoms with E-state index >= 15 is 0 Å². The van der Waals surface area contributed by atoms with E-state index in [0.717, 1.165) is 78.4 Å². The zero-order valence-electron chi connectivity index (χ0n) is 32.1. The zero-order valence-corrected chi connectivity index (χ0v) is 32.1. The Kier molecular flexibility index (Phi) is 8.57. The predicted molar refractivity (Wildman–Crippen MR) is 242 cm³/mol. The number of rotatable bonds is 8. The van der Waals surface area contributed by atoms with Gasteiger partial charge in [0.2, 0.25) is 0 Å². The highest BCUT2D eigenvalue weighted by Crippen LogP contribution is 2.38. The number of para-hydroxylation sites is 1. The van der Waals surface area contributed by atoms with Crippen LogP contribution in [0.5, 0.6) is 0 Å². The fourth-order valence-corrected chi connectivity index (χ4v) is 8.70. The van der Waals surface area contributed by atoms with Gasteiger partial charge in [-0.3, -0.25) is 0 Å². The van der Waals surface area contributed by atoms with Crippen molar-refractivity contribution in [3.05, 3.63) is 211 Å². The summed E-state index contributed by atoms with van der Waals surface area (Å²) < 4.78 is 13.0. The van der Waals surface area contributed by atoms with Crippen LogP contribution in [0.2, 0.25) is 0 Å². The van der Waals surface area contributed by atoms with Gasteiger partial charge in [0.1, 0.15) is 22.5 Å².